The maximum Gasteiger partial charge on any atom is 1.00 e. The minimum atomic E-state index is -2.50. The number of nitrogens with zero attached hydrogens (tertiary/aromatic N) is 7. The molecule has 0 aliphatic heterocycles. The summed E-state index contributed by atoms with van der Waals surface area (Å²) in [7, 11) is -2.95. The number of halogens is 1. The quantitative estimate of drug-likeness (QED) is 0.00426. The van der Waals surface area contributed by atoms with E-state index in [2.05, 4.69) is 202 Å². The van der Waals surface area contributed by atoms with E-state index in [1.807, 2.05) is 224 Å². The molecule has 4 N–H and O–H groups in total. The maximum atomic E-state index is 13.2. The second kappa shape index (κ2) is 66.4. The fourth-order valence-electron chi connectivity index (χ4n) is 13.3. The minimum Gasteiger partial charge on any atom is -0.462 e. The first-order valence-electron chi connectivity index (χ1n) is 47.2. The van der Waals surface area contributed by atoms with Crippen molar-refractivity contribution in [2.45, 2.75) is 185 Å². The summed E-state index contributed by atoms with van der Waals surface area (Å²) in [5.74, 6) is -3.92. The van der Waals surface area contributed by atoms with Crippen LogP contribution in [0.4, 0.5) is 0 Å². The van der Waals surface area contributed by atoms with Crippen LogP contribution in [-0.2, 0) is 76.3 Å². The Bertz CT molecular complexity index is 5140. The van der Waals surface area contributed by atoms with Gasteiger partial charge in [-0.1, -0.05) is 380 Å². The third-order valence-corrected chi connectivity index (χ3v) is 30.7. The number of carbonyl (C=O) groups is 8. The third kappa shape index (κ3) is 43.2. The zero-order chi connectivity index (χ0) is 102. The van der Waals surface area contributed by atoms with Gasteiger partial charge >= 0.3 is 77.3 Å². The van der Waals surface area contributed by atoms with E-state index in [9.17, 15) is 38.4 Å². The first-order chi connectivity index (χ1) is 66.5. The van der Waals surface area contributed by atoms with E-state index in [0.717, 1.165) is 38.2 Å². The van der Waals surface area contributed by atoms with Gasteiger partial charge in [0.05, 0.1) is 64.5 Å². The molecule has 10 aromatic rings. The van der Waals surface area contributed by atoms with Crippen molar-refractivity contribution < 1.29 is 111 Å². The van der Waals surface area contributed by atoms with Crippen molar-refractivity contribution in [3.8, 4) is 0 Å². The number of esters is 8. The Morgan fingerprint density at radius 3 is 0.809 bits per heavy atom. The van der Waals surface area contributed by atoms with Gasteiger partial charge in [-0.25, -0.2) is 0 Å². The molecular formula is C112H142BrN8NaO17P2. The zero-order valence-electron chi connectivity index (χ0n) is 84.8. The van der Waals surface area contributed by atoms with E-state index in [4.69, 9.17) is 65.0 Å². The molecule has 25 nitrogen and oxygen atoms in total. The topological polar surface area (TPSA) is 388 Å². The van der Waals surface area contributed by atoms with E-state index in [0.29, 0.717) is 51.4 Å². The number of hydrogen-bond acceptors (Lipinski definition) is 19. The van der Waals surface area contributed by atoms with Crippen LogP contribution >= 0.6 is 30.9 Å². The minimum absolute atomic E-state index is 0. The summed E-state index contributed by atoms with van der Waals surface area (Å²) in [6, 6.07) is 102. The van der Waals surface area contributed by atoms with Crippen LogP contribution in [-0.4, -0.2) is 106 Å². The summed E-state index contributed by atoms with van der Waals surface area (Å²) in [6.45, 7) is 30.0. The predicted octanol–water partition coefficient (Wildman–Crippen LogP) is 20.4. The van der Waals surface area contributed by atoms with E-state index >= 15 is 0 Å². The van der Waals surface area contributed by atoms with Crippen molar-refractivity contribution in [3.05, 3.63) is 352 Å². The second-order valence-corrected chi connectivity index (χ2v) is 42.2. The van der Waals surface area contributed by atoms with Gasteiger partial charge in [0.25, 0.3) is 0 Å². The molecule has 0 aliphatic carbocycles. The molecule has 10 aromatic carbocycles. The van der Waals surface area contributed by atoms with Crippen LogP contribution in [0.5, 0.6) is 0 Å². The molecule has 10 rings (SSSR count). The summed E-state index contributed by atoms with van der Waals surface area (Å²) in [5, 5.41) is 11.4. The van der Waals surface area contributed by atoms with Gasteiger partial charge in [0.1, 0.15) is 52.9 Å². The Balaban J connectivity index is 0.000000462. The molecule has 0 spiro atoms. The fourth-order valence-corrected chi connectivity index (χ4v) is 20.2. The largest absolute Gasteiger partial charge is 1.00 e. The summed E-state index contributed by atoms with van der Waals surface area (Å²) in [4.78, 5) is 102. The zero-order valence-corrected chi connectivity index (χ0v) is 90.2. The number of alkyl halides is 1. The van der Waals surface area contributed by atoms with Gasteiger partial charge in [-0.2, -0.15) is 0 Å². The first kappa shape index (κ1) is 124. The number of rotatable bonds is 44. The Morgan fingerprint density at radius 2 is 0.546 bits per heavy atom. The van der Waals surface area contributed by atoms with Crippen molar-refractivity contribution >= 4 is 110 Å². The molecule has 0 radical (unpaired) electrons. The number of benzene rings is 10. The van der Waals surface area contributed by atoms with Crippen molar-refractivity contribution in [3.63, 3.8) is 0 Å². The average molecular weight is 2040 g/mol. The van der Waals surface area contributed by atoms with Crippen molar-refractivity contribution in [2.24, 2.45) is 60.9 Å². The molecule has 0 saturated heterocycles. The smallest absolute Gasteiger partial charge is 0.462 e. The Morgan fingerprint density at radius 1 is 0.333 bits per heavy atom. The van der Waals surface area contributed by atoms with Crippen LogP contribution in [0.2, 0.25) is 0 Å². The SMILES string of the molecule is CCC(C)(C)C(=O)OCCOC(=O)C(C)CC(Br)c1ccccc1.CCC(C)(C)C(=O)OCCOC(=O)C(C)CC(N)c1ccccc1.CCC(C)(C)C(=O)OCCOC(=O)C(C)CC(N=P(c1ccccc1)(c1ccccc1)c1ccccc1)c1ccccc1.CCC(C)(C)C(=O)OCCOC(=O)C(C)CC(N=[N+]=[N-])c1ccccc1.O.[N-]=[N+]=[N-].[Na+].c1ccc(P(c2ccccc2)c2ccccc2)cc1. The molecule has 0 saturated carbocycles. The monoisotopic (exact) mass is 2030 g/mol. The Labute approximate surface area is 866 Å². The van der Waals surface area contributed by atoms with E-state index < -0.39 is 60.5 Å². The Hall–Kier alpha value is -11.4. The number of azide groups is 1. The van der Waals surface area contributed by atoms with Crippen molar-refractivity contribution in [2.75, 3.05) is 52.9 Å². The molecule has 0 heterocycles. The number of ether oxygens (including phenoxy) is 8. The van der Waals surface area contributed by atoms with Crippen LogP contribution in [0.15, 0.2) is 313 Å². The van der Waals surface area contributed by atoms with Gasteiger partial charge < -0.3 is 60.2 Å². The van der Waals surface area contributed by atoms with Gasteiger partial charge in [0.2, 0.25) is 0 Å². The predicted molar refractivity (Wildman–Crippen MR) is 564 cm³/mol. The Kier molecular flexibility index (Phi) is 58.3. The van der Waals surface area contributed by atoms with E-state index in [1.165, 1.54) is 20.8 Å². The fraction of sp³-hybridized carbons (Fsp3) is 0.393. The van der Waals surface area contributed by atoms with E-state index in [-0.39, 0.29) is 158 Å². The van der Waals surface area contributed by atoms with Gasteiger partial charge in [-0.15, -0.1) is 0 Å². The third-order valence-electron chi connectivity index (χ3n) is 23.6. The summed E-state index contributed by atoms with van der Waals surface area (Å²) >= 11 is 3.61. The molecule has 8 atom stereocenters. The molecule has 141 heavy (non-hydrogen) atoms. The molecule has 750 valence electrons. The van der Waals surface area contributed by atoms with Crippen molar-refractivity contribution in [1.82, 2.24) is 0 Å². The molecule has 0 amide bonds. The molecule has 0 aromatic heterocycles. The van der Waals surface area contributed by atoms with Gasteiger partial charge in [0, 0.05) is 31.7 Å². The van der Waals surface area contributed by atoms with E-state index in [1.54, 1.807) is 13.8 Å². The maximum absolute atomic E-state index is 13.2. The average Bonchev–Trinajstić information content (AvgIpc) is 0.747. The van der Waals surface area contributed by atoms with Crippen molar-refractivity contribution in [1.29, 1.82) is 0 Å². The molecule has 0 fully saturated rings. The summed E-state index contributed by atoms with van der Waals surface area (Å²) < 4.78 is 47.7. The molecule has 8 unspecified atom stereocenters. The van der Waals surface area contributed by atoms with Crippen LogP contribution in [0.25, 0.3) is 26.4 Å². The van der Waals surface area contributed by atoms with Crippen LogP contribution in [0, 0.1) is 45.3 Å². The second-order valence-electron chi connectivity index (χ2n) is 35.9. The summed E-state index contributed by atoms with van der Waals surface area (Å²) in [6.07, 6.45) is 4.70. The van der Waals surface area contributed by atoms with Crippen LogP contribution in [0.3, 0.4) is 0 Å². The number of hydrogen-bond donors (Lipinski definition) is 1. The number of carbonyl (C=O) groups excluding carboxylic acids is 8. The number of nitrogens with two attached hydrogens (primary N) is 1. The normalized spacial score (nSPS) is 12.6. The van der Waals surface area contributed by atoms with Gasteiger partial charge in [-0.05, 0) is 158 Å². The molecular weight excluding hydrogens is 1890 g/mol. The standard InChI is InChI=1S/C37H42NO4P.C19H27BrO4.C19H27N3O4.C19H29NO4.C18H15P.N3.Na.H2O/c1-5-37(3,4)36(40)42-27-26-41-35(39)29(2)28-34(30-18-10-6-11-19-30)38-43(31-20-12-7-13-21-31,32-22-14-8-15-23-32)33-24-16-9-17-25-33;1-5-19(3,4)18(22)24-12-11-23-17(21)14(2)13-16(20)15-9-7-6-8-10-15;1-5-19(3,4)18(24)26-12-11-25-17(23)14(2)13-16(21-22-20)15-9-7-6-8-10-15;1-5-19(3,4)18(22)24-12-11-23-17(21)14(2)13-16(20)15-9-7-6-8-10-15;1-4-10-16(11-5-1)19(17-12-6-2-7-13-17)18-14-8-3-9-15-18;1-3-2;;/h6-25,29,34H,5,26-28H2,1-4H3;6-10,14,16H,5,11-13H2,1-4H3;6-10,14,16H,5,11-13H2,1-4H3;6-10,14,16H,5,11-13,20H2,1-4H3;1-15H;;;1H2/q;;;;;-1;+1;. The summed E-state index contributed by atoms with van der Waals surface area (Å²) in [5.41, 5.74) is 30.3. The molecule has 0 bridgehead atoms. The van der Waals surface area contributed by atoms with Crippen LogP contribution in [0.1, 0.15) is 207 Å². The van der Waals surface area contributed by atoms with Gasteiger partial charge in [0.15, 0.2) is 0 Å². The molecule has 0 aliphatic rings. The first-order valence-corrected chi connectivity index (χ1v) is 51.2. The van der Waals surface area contributed by atoms with Crippen LogP contribution < -0.4 is 67.1 Å². The molecule has 29 heteroatoms. The van der Waals surface area contributed by atoms with Gasteiger partial charge in [-0.3, -0.25) is 48.0 Å².